The fourth-order valence-corrected chi connectivity index (χ4v) is 1.98. The minimum Gasteiger partial charge on any atom is -0.337 e. The average Bonchev–Trinajstić information content (AvgIpc) is 2.71. The quantitative estimate of drug-likeness (QED) is 0.807. The number of aryl methyl sites for hydroxylation is 1. The second-order valence-electron chi connectivity index (χ2n) is 4.35. The molecule has 3 nitrogen and oxygen atoms in total. The maximum absolute atomic E-state index is 13.7. The lowest BCUT2D eigenvalue weighted by Crippen LogP contribution is -2.33. The van der Waals surface area contributed by atoms with Crippen LogP contribution in [0.15, 0.2) is 12.1 Å². The zero-order chi connectivity index (χ0) is 12.6. The third kappa shape index (κ3) is 2.15. The molecule has 1 aromatic rings. The molecule has 1 aromatic carbocycles. The molecular weight excluding hydrogens is 226 g/mol. The highest BCUT2D eigenvalue weighted by Gasteiger charge is 2.28. The lowest BCUT2D eigenvalue weighted by molar-refractivity contribution is 0.0781. The van der Waals surface area contributed by atoms with E-state index in [1.807, 2.05) is 0 Å². The fraction of sp³-hybridized carbons (Fsp3) is 0.417. The molecule has 1 atom stereocenters. The average molecular weight is 240 g/mol. The van der Waals surface area contributed by atoms with Crippen LogP contribution in [0.2, 0.25) is 0 Å². The molecule has 0 bridgehead atoms. The molecule has 0 aliphatic carbocycles. The van der Waals surface area contributed by atoms with Crippen LogP contribution in [-0.2, 0) is 0 Å². The van der Waals surface area contributed by atoms with Crippen LogP contribution in [0.5, 0.6) is 0 Å². The molecule has 92 valence electrons. The van der Waals surface area contributed by atoms with Gasteiger partial charge in [0.15, 0.2) is 0 Å². The highest BCUT2D eigenvalue weighted by molar-refractivity contribution is 5.95. The molecule has 2 N–H and O–H groups in total. The Morgan fingerprint density at radius 3 is 2.76 bits per heavy atom. The zero-order valence-corrected chi connectivity index (χ0v) is 9.54. The van der Waals surface area contributed by atoms with Gasteiger partial charge in [-0.25, -0.2) is 8.78 Å². The van der Waals surface area contributed by atoms with Crippen LogP contribution in [0.25, 0.3) is 0 Å². The monoisotopic (exact) mass is 240 g/mol. The molecule has 0 saturated carbocycles. The lowest BCUT2D eigenvalue weighted by atomic mass is 10.1. The molecule has 5 heteroatoms. The van der Waals surface area contributed by atoms with Crippen molar-refractivity contribution >= 4 is 5.91 Å². The summed E-state index contributed by atoms with van der Waals surface area (Å²) in [7, 11) is 0. The normalized spacial score (nSPS) is 19.8. The van der Waals surface area contributed by atoms with Crippen molar-refractivity contribution in [1.29, 1.82) is 0 Å². The molecule has 0 radical (unpaired) electrons. The maximum Gasteiger partial charge on any atom is 0.259 e. The molecule has 0 unspecified atom stereocenters. The molecule has 2 rings (SSSR count). The predicted octanol–water partition coefficient (Wildman–Crippen LogP) is 1.45. The summed E-state index contributed by atoms with van der Waals surface area (Å²) in [6, 6.07) is 2.33. The van der Waals surface area contributed by atoms with Crippen LogP contribution in [0, 0.1) is 18.6 Å². The molecule has 1 aliphatic rings. The van der Waals surface area contributed by atoms with E-state index >= 15 is 0 Å². The summed E-state index contributed by atoms with van der Waals surface area (Å²) in [6.45, 7) is 2.31. The SMILES string of the molecule is Cc1ccc(F)c(C(=O)N2CC[C@@H](N)C2)c1F. The van der Waals surface area contributed by atoms with Crippen molar-refractivity contribution < 1.29 is 13.6 Å². The van der Waals surface area contributed by atoms with Crippen LogP contribution in [0.1, 0.15) is 22.3 Å². The number of carbonyl (C=O) groups is 1. The van der Waals surface area contributed by atoms with E-state index in [1.165, 1.54) is 17.9 Å². The first-order chi connectivity index (χ1) is 8.00. The first-order valence-electron chi connectivity index (χ1n) is 5.50. The van der Waals surface area contributed by atoms with Gasteiger partial charge in [-0.15, -0.1) is 0 Å². The molecule has 0 aromatic heterocycles. The number of halogens is 2. The number of likely N-dealkylation sites (tertiary alicyclic amines) is 1. The Hall–Kier alpha value is -1.49. The van der Waals surface area contributed by atoms with Crippen LogP contribution in [0.3, 0.4) is 0 Å². The number of hydrogen-bond acceptors (Lipinski definition) is 2. The molecular formula is C12H14F2N2O. The van der Waals surface area contributed by atoms with Gasteiger partial charge in [-0.3, -0.25) is 4.79 Å². The summed E-state index contributed by atoms with van der Waals surface area (Å²) in [5, 5.41) is 0. The van der Waals surface area contributed by atoms with Gasteiger partial charge < -0.3 is 10.6 Å². The molecule has 1 fully saturated rings. The standard InChI is InChI=1S/C12H14F2N2O/c1-7-2-3-9(13)10(11(7)14)12(17)16-5-4-8(15)6-16/h2-3,8H,4-6,15H2,1H3/t8-/m1/s1. The lowest BCUT2D eigenvalue weighted by Gasteiger charge is -2.17. The number of carbonyl (C=O) groups excluding carboxylic acids is 1. The third-order valence-electron chi connectivity index (χ3n) is 3.01. The summed E-state index contributed by atoms with van der Waals surface area (Å²) in [6.07, 6.45) is 0.667. The zero-order valence-electron chi connectivity index (χ0n) is 9.54. The van der Waals surface area contributed by atoms with Crippen molar-refractivity contribution in [1.82, 2.24) is 4.90 Å². The van der Waals surface area contributed by atoms with E-state index in [0.717, 1.165) is 6.07 Å². The first kappa shape index (κ1) is 12.0. The van der Waals surface area contributed by atoms with Gasteiger partial charge in [-0.1, -0.05) is 6.07 Å². The second kappa shape index (κ2) is 4.41. The van der Waals surface area contributed by atoms with Crippen LogP contribution in [-0.4, -0.2) is 29.9 Å². The summed E-state index contributed by atoms with van der Waals surface area (Å²) < 4.78 is 27.3. The highest BCUT2D eigenvalue weighted by Crippen LogP contribution is 2.20. The largest absolute Gasteiger partial charge is 0.337 e. The van der Waals surface area contributed by atoms with Gasteiger partial charge in [0.25, 0.3) is 5.91 Å². The summed E-state index contributed by atoms with van der Waals surface area (Å²) in [5.41, 5.74) is 5.45. The van der Waals surface area contributed by atoms with Gasteiger partial charge in [0.2, 0.25) is 0 Å². The Balaban J connectivity index is 2.34. The predicted molar refractivity (Wildman–Crippen MR) is 59.6 cm³/mol. The number of hydrogen-bond donors (Lipinski definition) is 1. The molecule has 0 spiro atoms. The number of benzene rings is 1. The Morgan fingerprint density at radius 1 is 1.47 bits per heavy atom. The van der Waals surface area contributed by atoms with Gasteiger partial charge in [0.1, 0.15) is 17.2 Å². The molecule has 1 saturated heterocycles. The summed E-state index contributed by atoms with van der Waals surface area (Å²) in [5.74, 6) is -2.22. The van der Waals surface area contributed by atoms with E-state index in [4.69, 9.17) is 5.73 Å². The minimum atomic E-state index is -0.821. The minimum absolute atomic E-state index is 0.102. The smallest absolute Gasteiger partial charge is 0.259 e. The van der Waals surface area contributed by atoms with Gasteiger partial charge in [0.05, 0.1) is 0 Å². The maximum atomic E-state index is 13.7. The van der Waals surface area contributed by atoms with Gasteiger partial charge in [0, 0.05) is 19.1 Å². The van der Waals surface area contributed by atoms with Gasteiger partial charge >= 0.3 is 0 Å². The van der Waals surface area contributed by atoms with Crippen molar-refractivity contribution in [3.63, 3.8) is 0 Å². The fourth-order valence-electron chi connectivity index (χ4n) is 1.98. The van der Waals surface area contributed by atoms with E-state index in [2.05, 4.69) is 0 Å². The Labute approximate surface area is 98.2 Å². The first-order valence-corrected chi connectivity index (χ1v) is 5.50. The van der Waals surface area contributed by atoms with Gasteiger partial charge in [-0.05, 0) is 25.0 Å². The Kier molecular flexibility index (Phi) is 3.11. The molecule has 1 amide bonds. The van der Waals surface area contributed by atoms with E-state index < -0.39 is 23.1 Å². The van der Waals surface area contributed by atoms with Crippen LogP contribution >= 0.6 is 0 Å². The second-order valence-corrected chi connectivity index (χ2v) is 4.35. The molecule has 1 heterocycles. The van der Waals surface area contributed by atoms with Gasteiger partial charge in [-0.2, -0.15) is 0 Å². The third-order valence-corrected chi connectivity index (χ3v) is 3.01. The Morgan fingerprint density at radius 2 is 2.18 bits per heavy atom. The number of rotatable bonds is 1. The van der Waals surface area contributed by atoms with E-state index in [-0.39, 0.29) is 11.6 Å². The van der Waals surface area contributed by atoms with Crippen LogP contribution < -0.4 is 5.73 Å². The summed E-state index contributed by atoms with van der Waals surface area (Å²) in [4.78, 5) is 13.4. The van der Waals surface area contributed by atoms with Crippen molar-refractivity contribution in [2.75, 3.05) is 13.1 Å². The number of nitrogens with zero attached hydrogens (tertiary/aromatic N) is 1. The Bertz CT molecular complexity index is 462. The summed E-state index contributed by atoms with van der Waals surface area (Å²) >= 11 is 0. The van der Waals surface area contributed by atoms with E-state index in [9.17, 15) is 13.6 Å². The number of nitrogens with two attached hydrogens (primary N) is 1. The topological polar surface area (TPSA) is 46.3 Å². The van der Waals surface area contributed by atoms with Crippen molar-refractivity contribution in [2.24, 2.45) is 5.73 Å². The van der Waals surface area contributed by atoms with E-state index in [1.54, 1.807) is 0 Å². The van der Waals surface area contributed by atoms with Crippen molar-refractivity contribution in [3.8, 4) is 0 Å². The molecule has 17 heavy (non-hydrogen) atoms. The van der Waals surface area contributed by atoms with Crippen molar-refractivity contribution in [2.45, 2.75) is 19.4 Å². The highest BCUT2D eigenvalue weighted by atomic mass is 19.1. The van der Waals surface area contributed by atoms with Crippen LogP contribution in [0.4, 0.5) is 8.78 Å². The number of amides is 1. The van der Waals surface area contributed by atoms with Crippen molar-refractivity contribution in [3.05, 3.63) is 34.9 Å². The molecule has 1 aliphatic heterocycles. The van der Waals surface area contributed by atoms with E-state index in [0.29, 0.717) is 19.5 Å².